The molecule has 0 radical (unpaired) electrons. The first-order chi connectivity index (χ1) is 26.7. The first-order valence-corrected chi connectivity index (χ1v) is 18.2. The minimum Gasteiger partial charge on any atom is -0.508 e. The number of amides is 5. The normalized spacial score (nSPS) is 13.8. The monoisotopic (exact) mass is 771 g/mol. The lowest BCUT2D eigenvalue weighted by atomic mass is 10.0. The average molecular weight is 772 g/mol. The number of aromatic nitrogens is 1. The van der Waals surface area contributed by atoms with Crippen molar-refractivity contribution in [3.63, 3.8) is 0 Å². The van der Waals surface area contributed by atoms with Gasteiger partial charge in [0.05, 0.1) is 12.6 Å². The number of aromatic hydroxyl groups is 1. The number of aliphatic hydroxyl groups excluding tert-OH is 1. The second-order valence-electron chi connectivity index (χ2n) is 13.9. The van der Waals surface area contributed by atoms with Crippen LogP contribution in [0.4, 0.5) is 0 Å². The van der Waals surface area contributed by atoms with Crippen molar-refractivity contribution < 1.29 is 44.1 Å². The molecule has 4 rings (SSSR count). The molecule has 5 atom stereocenters. The Morgan fingerprint density at radius 1 is 0.661 bits per heavy atom. The fourth-order valence-corrected chi connectivity index (χ4v) is 6.04. The maximum absolute atomic E-state index is 13.8. The van der Waals surface area contributed by atoms with Crippen molar-refractivity contribution in [3.05, 3.63) is 102 Å². The lowest BCUT2D eigenvalue weighted by molar-refractivity contribution is -0.138. The standard InChI is InChI=1S/C40H49N7O9/c1-23(2)16-31(37(53)43-21-35(50)51)45-38(54)33(17-24-8-4-3-5-9-24)46-40(56)34(22-48)47-39(55)32(18-25-12-14-27(49)15-13-25)44-36(52)29(41)19-26-20-42-30-11-7-6-10-28(26)30/h3-15,20,23,29,31-34,42,48-49H,16-19,21-22,41H2,1-2H3,(H,43,53)(H,44,52)(H,45,54)(H,46,56)(H,47,55)(H,50,51)/t29-,31-,32-,33-,34-/m0/s1. The highest BCUT2D eigenvalue weighted by Crippen LogP contribution is 2.19. The van der Waals surface area contributed by atoms with Gasteiger partial charge >= 0.3 is 5.97 Å². The van der Waals surface area contributed by atoms with Crippen molar-refractivity contribution in [2.75, 3.05) is 13.2 Å². The molecule has 56 heavy (non-hydrogen) atoms. The summed E-state index contributed by atoms with van der Waals surface area (Å²) < 4.78 is 0. The summed E-state index contributed by atoms with van der Waals surface area (Å²) in [6.45, 7) is 2.09. The van der Waals surface area contributed by atoms with E-state index in [1.165, 1.54) is 12.1 Å². The molecule has 0 saturated carbocycles. The van der Waals surface area contributed by atoms with Crippen molar-refractivity contribution in [3.8, 4) is 5.75 Å². The van der Waals surface area contributed by atoms with E-state index in [-0.39, 0.29) is 37.4 Å². The molecule has 298 valence electrons. The molecule has 1 heterocycles. The van der Waals surface area contributed by atoms with Gasteiger partial charge < -0.3 is 52.6 Å². The minimum absolute atomic E-state index is 0.0120. The smallest absolute Gasteiger partial charge is 0.322 e. The second kappa shape index (κ2) is 20.4. The maximum Gasteiger partial charge on any atom is 0.322 e. The SMILES string of the molecule is CC(C)C[C@H](NC(=O)[C@H](Cc1ccccc1)NC(=O)[C@H](CO)NC(=O)[C@H](Cc1ccc(O)cc1)NC(=O)[C@@H](N)Cc1c[nH]c2ccccc12)C(=O)NCC(=O)O. The summed E-state index contributed by atoms with van der Waals surface area (Å²) in [7, 11) is 0. The number of hydrogen-bond donors (Lipinski definition) is 10. The van der Waals surface area contributed by atoms with Crippen molar-refractivity contribution >= 4 is 46.4 Å². The highest BCUT2D eigenvalue weighted by atomic mass is 16.4. The number of nitrogens with two attached hydrogens (primary N) is 1. The first kappa shape index (κ1) is 42.5. The second-order valence-corrected chi connectivity index (χ2v) is 13.9. The topological polar surface area (TPSA) is 265 Å². The summed E-state index contributed by atoms with van der Waals surface area (Å²) in [6.07, 6.45) is 1.96. The molecule has 0 aliphatic carbocycles. The highest BCUT2D eigenvalue weighted by Gasteiger charge is 2.32. The van der Waals surface area contributed by atoms with Crippen LogP contribution in [0, 0.1) is 5.92 Å². The maximum atomic E-state index is 13.8. The third-order valence-corrected chi connectivity index (χ3v) is 8.95. The summed E-state index contributed by atoms with van der Waals surface area (Å²) in [5.74, 6) is -5.26. The van der Waals surface area contributed by atoms with Crippen LogP contribution in [0.5, 0.6) is 5.75 Å². The number of nitrogens with one attached hydrogen (secondary N) is 6. The zero-order chi connectivity index (χ0) is 40.8. The van der Waals surface area contributed by atoms with E-state index in [0.717, 1.165) is 16.5 Å². The van der Waals surface area contributed by atoms with E-state index in [1.54, 1.807) is 48.7 Å². The summed E-state index contributed by atoms with van der Waals surface area (Å²) in [4.78, 5) is 81.7. The summed E-state index contributed by atoms with van der Waals surface area (Å²) in [5, 5.41) is 42.6. The van der Waals surface area contributed by atoms with Gasteiger partial charge in [0, 0.05) is 29.9 Å². The number of carboxylic acid groups (broad SMARTS) is 1. The van der Waals surface area contributed by atoms with Crippen molar-refractivity contribution in [2.24, 2.45) is 11.7 Å². The number of benzene rings is 3. The van der Waals surface area contributed by atoms with Gasteiger partial charge in [-0.3, -0.25) is 28.8 Å². The van der Waals surface area contributed by atoms with Crippen LogP contribution in [-0.4, -0.2) is 99.2 Å². The molecule has 0 bridgehead atoms. The number of carbonyl (C=O) groups is 6. The molecule has 5 amide bonds. The Morgan fingerprint density at radius 2 is 1.20 bits per heavy atom. The van der Waals surface area contributed by atoms with Crippen molar-refractivity contribution in [2.45, 2.75) is 69.7 Å². The number of carboxylic acids is 1. The van der Waals surface area contributed by atoms with Gasteiger partial charge in [0.15, 0.2) is 0 Å². The molecular weight excluding hydrogens is 722 g/mol. The number of hydrogen-bond acceptors (Lipinski definition) is 9. The van der Waals surface area contributed by atoms with E-state index in [0.29, 0.717) is 11.1 Å². The molecule has 0 fully saturated rings. The number of aliphatic carboxylic acids is 1. The van der Waals surface area contributed by atoms with Gasteiger partial charge in [-0.2, -0.15) is 0 Å². The van der Waals surface area contributed by atoms with Crippen LogP contribution < -0.4 is 32.3 Å². The number of rotatable bonds is 20. The number of fused-ring (bicyclic) bond motifs is 1. The molecule has 11 N–H and O–H groups in total. The zero-order valence-corrected chi connectivity index (χ0v) is 31.2. The highest BCUT2D eigenvalue weighted by molar-refractivity contribution is 5.96. The molecule has 0 aliphatic heterocycles. The van der Waals surface area contributed by atoms with Gasteiger partial charge in [0.25, 0.3) is 0 Å². The third-order valence-electron chi connectivity index (χ3n) is 8.95. The van der Waals surface area contributed by atoms with Gasteiger partial charge in [-0.1, -0.05) is 74.5 Å². The predicted molar refractivity (Wildman–Crippen MR) is 207 cm³/mol. The number of carbonyl (C=O) groups excluding carboxylic acids is 5. The Bertz CT molecular complexity index is 1970. The number of H-pyrrole nitrogens is 1. The zero-order valence-electron chi connectivity index (χ0n) is 31.2. The predicted octanol–water partition coefficient (Wildman–Crippen LogP) is 0.407. The molecule has 16 heteroatoms. The molecule has 0 spiro atoms. The van der Waals surface area contributed by atoms with Crippen LogP contribution in [-0.2, 0) is 48.0 Å². The van der Waals surface area contributed by atoms with Crippen LogP contribution in [0.25, 0.3) is 10.9 Å². The van der Waals surface area contributed by atoms with Crippen LogP contribution >= 0.6 is 0 Å². The van der Waals surface area contributed by atoms with Gasteiger partial charge in [-0.15, -0.1) is 0 Å². The Kier molecular flexibility index (Phi) is 15.5. The fourth-order valence-electron chi connectivity index (χ4n) is 6.04. The minimum atomic E-state index is -1.59. The van der Waals surface area contributed by atoms with E-state index in [4.69, 9.17) is 10.8 Å². The summed E-state index contributed by atoms with van der Waals surface area (Å²) in [6, 6.07) is 15.8. The first-order valence-electron chi connectivity index (χ1n) is 18.2. The molecule has 0 saturated heterocycles. The number of phenolic OH excluding ortho intramolecular Hbond substituents is 1. The quantitative estimate of drug-likeness (QED) is 0.0592. The lowest BCUT2D eigenvalue weighted by Crippen LogP contribution is -2.60. The molecule has 3 aromatic carbocycles. The molecule has 16 nitrogen and oxygen atoms in total. The van der Waals surface area contributed by atoms with Crippen molar-refractivity contribution in [1.29, 1.82) is 0 Å². The Balaban J connectivity index is 1.51. The van der Waals surface area contributed by atoms with Crippen molar-refractivity contribution in [1.82, 2.24) is 31.6 Å². The summed E-state index contributed by atoms with van der Waals surface area (Å²) >= 11 is 0. The van der Waals surface area contributed by atoms with Crippen LogP contribution in [0.1, 0.15) is 37.0 Å². The molecule has 1 aromatic heterocycles. The van der Waals surface area contributed by atoms with Crippen LogP contribution in [0.3, 0.4) is 0 Å². The fraction of sp³-hybridized carbons (Fsp3) is 0.350. The van der Waals surface area contributed by atoms with E-state index >= 15 is 0 Å². The van der Waals surface area contributed by atoms with E-state index in [1.807, 2.05) is 38.1 Å². The molecular formula is C40H49N7O9. The largest absolute Gasteiger partial charge is 0.508 e. The molecule has 0 aliphatic rings. The Labute approximate surface area is 323 Å². The van der Waals surface area contributed by atoms with Gasteiger partial charge in [-0.05, 0) is 53.6 Å². The van der Waals surface area contributed by atoms with Gasteiger partial charge in [-0.25, -0.2) is 0 Å². The number of aromatic amines is 1. The number of para-hydroxylation sites is 1. The van der Waals surface area contributed by atoms with Gasteiger partial charge in [0.1, 0.15) is 36.5 Å². The van der Waals surface area contributed by atoms with E-state index in [2.05, 4.69) is 31.6 Å². The molecule has 0 unspecified atom stereocenters. The average Bonchev–Trinajstić information content (AvgIpc) is 3.58. The van der Waals surface area contributed by atoms with E-state index < -0.39 is 78.9 Å². The van der Waals surface area contributed by atoms with E-state index in [9.17, 15) is 39.0 Å². The Morgan fingerprint density at radius 3 is 1.80 bits per heavy atom. The molecule has 4 aromatic rings. The summed E-state index contributed by atoms with van der Waals surface area (Å²) in [5.41, 5.74) is 9.18. The van der Waals surface area contributed by atoms with Crippen LogP contribution in [0.2, 0.25) is 0 Å². The third kappa shape index (κ3) is 12.7. The Hall–Kier alpha value is -6.26. The van der Waals surface area contributed by atoms with Gasteiger partial charge in [0.2, 0.25) is 29.5 Å². The number of phenols is 1. The number of aliphatic hydroxyl groups is 1. The van der Waals surface area contributed by atoms with Crippen LogP contribution in [0.15, 0.2) is 85.1 Å². The lowest BCUT2D eigenvalue weighted by Gasteiger charge is -2.26.